The van der Waals surface area contributed by atoms with Crippen LogP contribution < -0.4 is 20.1 Å². The highest BCUT2D eigenvalue weighted by atomic mass is 16.5. The molecule has 6 heteroatoms. The van der Waals surface area contributed by atoms with E-state index >= 15 is 0 Å². The van der Waals surface area contributed by atoms with Crippen molar-refractivity contribution in [1.82, 2.24) is 10.6 Å². The molecule has 6 nitrogen and oxygen atoms in total. The van der Waals surface area contributed by atoms with Crippen molar-refractivity contribution in [2.45, 2.75) is 46.6 Å². The molecule has 0 aliphatic carbocycles. The first-order valence-corrected chi connectivity index (χ1v) is 9.64. The van der Waals surface area contributed by atoms with E-state index in [1.807, 2.05) is 25.1 Å². The van der Waals surface area contributed by atoms with Gasteiger partial charge in [-0.3, -0.25) is 0 Å². The van der Waals surface area contributed by atoms with Gasteiger partial charge >= 0.3 is 0 Å². The Bertz CT molecular complexity index is 521. The van der Waals surface area contributed by atoms with Gasteiger partial charge in [-0.25, -0.2) is 4.99 Å². The molecule has 0 bridgehead atoms. The zero-order valence-corrected chi connectivity index (χ0v) is 16.8. The Balaban J connectivity index is 2.49. The quantitative estimate of drug-likeness (QED) is 0.319. The van der Waals surface area contributed by atoms with Gasteiger partial charge in [0.1, 0.15) is 0 Å². The molecular weight excluding hydrogens is 330 g/mol. The van der Waals surface area contributed by atoms with E-state index in [9.17, 15) is 0 Å². The van der Waals surface area contributed by atoms with Gasteiger partial charge in [0.05, 0.1) is 20.3 Å². The average molecular weight is 366 g/mol. The number of nitrogens with zero attached hydrogens (tertiary/aromatic N) is 1. The molecule has 148 valence electrons. The summed E-state index contributed by atoms with van der Waals surface area (Å²) in [5.74, 6) is 2.31. The fourth-order valence-electron chi connectivity index (χ4n) is 2.33. The van der Waals surface area contributed by atoms with Crippen LogP contribution in [0.1, 0.15) is 45.6 Å². The minimum absolute atomic E-state index is 0.575. The molecule has 0 spiro atoms. The van der Waals surface area contributed by atoms with Crippen LogP contribution in [0.3, 0.4) is 0 Å². The van der Waals surface area contributed by atoms with E-state index in [-0.39, 0.29) is 0 Å². The van der Waals surface area contributed by atoms with Crippen LogP contribution in [0.2, 0.25) is 0 Å². The van der Waals surface area contributed by atoms with E-state index in [0.717, 1.165) is 62.2 Å². The van der Waals surface area contributed by atoms with E-state index in [2.05, 4.69) is 29.5 Å². The van der Waals surface area contributed by atoms with Gasteiger partial charge in [-0.1, -0.05) is 19.4 Å². The molecule has 0 amide bonds. The van der Waals surface area contributed by atoms with Crippen LogP contribution in [0.5, 0.6) is 11.5 Å². The monoisotopic (exact) mass is 365 g/mol. The number of nitrogens with one attached hydrogen (secondary N) is 2. The fourth-order valence-corrected chi connectivity index (χ4v) is 2.33. The second-order valence-corrected chi connectivity index (χ2v) is 5.86. The molecule has 0 saturated carbocycles. The number of hydrogen-bond acceptors (Lipinski definition) is 4. The average Bonchev–Trinajstić information content (AvgIpc) is 2.66. The lowest BCUT2D eigenvalue weighted by atomic mass is 10.2. The Morgan fingerprint density at radius 1 is 1.04 bits per heavy atom. The second-order valence-electron chi connectivity index (χ2n) is 5.86. The van der Waals surface area contributed by atoms with Crippen molar-refractivity contribution in [1.29, 1.82) is 0 Å². The zero-order valence-electron chi connectivity index (χ0n) is 16.8. The van der Waals surface area contributed by atoms with Crippen molar-refractivity contribution in [2.24, 2.45) is 4.99 Å². The summed E-state index contributed by atoms with van der Waals surface area (Å²) in [5.41, 5.74) is 1.07. The molecule has 0 aliphatic heterocycles. The van der Waals surface area contributed by atoms with Crippen LogP contribution in [-0.4, -0.2) is 46.0 Å². The first kappa shape index (κ1) is 22.1. The van der Waals surface area contributed by atoms with Crippen LogP contribution in [-0.2, 0) is 11.3 Å². The first-order valence-electron chi connectivity index (χ1n) is 9.64. The molecule has 0 fully saturated rings. The predicted molar refractivity (Wildman–Crippen MR) is 107 cm³/mol. The standard InChI is InChI=1S/C20H35N3O3/c1-5-8-13-25-14-9-12-22-20(21-6-2)23-16-17-10-11-18(26-7-3)19(15-17)24-4/h10-11,15H,5-9,12-14,16H2,1-4H3,(H2,21,22,23). The first-order chi connectivity index (χ1) is 12.7. The SMILES string of the molecule is CCCCOCCCNC(=NCc1ccc(OCC)c(OC)c1)NCC. The Labute approximate surface area is 158 Å². The molecule has 0 aromatic heterocycles. The van der Waals surface area contributed by atoms with Gasteiger partial charge < -0.3 is 24.8 Å². The van der Waals surface area contributed by atoms with Gasteiger partial charge in [0, 0.05) is 26.3 Å². The molecule has 0 aliphatic rings. The maximum absolute atomic E-state index is 5.58. The Morgan fingerprint density at radius 2 is 1.85 bits per heavy atom. The van der Waals surface area contributed by atoms with Crippen molar-refractivity contribution in [2.75, 3.05) is 40.0 Å². The van der Waals surface area contributed by atoms with Crippen LogP contribution in [0.15, 0.2) is 23.2 Å². The number of ether oxygens (including phenoxy) is 3. The third kappa shape index (κ3) is 8.94. The predicted octanol–water partition coefficient (Wildman–Crippen LogP) is 3.36. The number of rotatable bonds is 13. The number of unbranched alkanes of at least 4 members (excludes halogenated alkanes) is 1. The van der Waals surface area contributed by atoms with Crippen LogP contribution >= 0.6 is 0 Å². The molecule has 0 saturated heterocycles. The highest BCUT2D eigenvalue weighted by Gasteiger charge is 2.05. The summed E-state index contributed by atoms with van der Waals surface area (Å²) in [7, 11) is 1.65. The van der Waals surface area contributed by atoms with Gasteiger partial charge in [0.25, 0.3) is 0 Å². The Morgan fingerprint density at radius 3 is 2.54 bits per heavy atom. The van der Waals surface area contributed by atoms with Crippen molar-refractivity contribution in [3.8, 4) is 11.5 Å². The summed E-state index contributed by atoms with van der Waals surface area (Å²) in [6.07, 6.45) is 3.26. The summed E-state index contributed by atoms with van der Waals surface area (Å²) in [4.78, 5) is 4.64. The lowest BCUT2D eigenvalue weighted by Crippen LogP contribution is -2.38. The second kappa shape index (κ2) is 14.2. The minimum atomic E-state index is 0.575. The number of benzene rings is 1. The van der Waals surface area contributed by atoms with Crippen molar-refractivity contribution in [3.63, 3.8) is 0 Å². The number of hydrogen-bond donors (Lipinski definition) is 2. The summed E-state index contributed by atoms with van der Waals surface area (Å²) in [6, 6.07) is 5.92. The molecule has 2 N–H and O–H groups in total. The Hall–Kier alpha value is -1.95. The maximum Gasteiger partial charge on any atom is 0.191 e. The topological polar surface area (TPSA) is 64.1 Å². The largest absolute Gasteiger partial charge is 0.493 e. The lowest BCUT2D eigenvalue weighted by Gasteiger charge is -2.12. The third-order valence-electron chi connectivity index (χ3n) is 3.69. The normalized spacial score (nSPS) is 11.3. The molecule has 1 aromatic carbocycles. The Kier molecular flexibility index (Phi) is 12.1. The van der Waals surface area contributed by atoms with Crippen molar-refractivity contribution >= 4 is 5.96 Å². The number of guanidine groups is 1. The van der Waals surface area contributed by atoms with E-state index in [4.69, 9.17) is 14.2 Å². The molecule has 1 rings (SSSR count). The van der Waals surface area contributed by atoms with E-state index < -0.39 is 0 Å². The third-order valence-corrected chi connectivity index (χ3v) is 3.69. The molecule has 0 heterocycles. The molecule has 26 heavy (non-hydrogen) atoms. The van der Waals surface area contributed by atoms with Crippen molar-refractivity contribution in [3.05, 3.63) is 23.8 Å². The minimum Gasteiger partial charge on any atom is -0.493 e. The van der Waals surface area contributed by atoms with Gasteiger partial charge in [0.2, 0.25) is 0 Å². The van der Waals surface area contributed by atoms with E-state index in [0.29, 0.717) is 13.2 Å². The summed E-state index contributed by atoms with van der Waals surface area (Å²) in [6.45, 7) is 10.7. The molecule has 0 radical (unpaired) electrons. The summed E-state index contributed by atoms with van der Waals surface area (Å²) in [5, 5.41) is 6.61. The van der Waals surface area contributed by atoms with Crippen LogP contribution in [0.4, 0.5) is 0 Å². The lowest BCUT2D eigenvalue weighted by molar-refractivity contribution is 0.129. The number of methoxy groups -OCH3 is 1. The van der Waals surface area contributed by atoms with Crippen molar-refractivity contribution < 1.29 is 14.2 Å². The molecule has 0 unspecified atom stereocenters. The highest BCUT2D eigenvalue weighted by Crippen LogP contribution is 2.28. The van der Waals surface area contributed by atoms with Gasteiger partial charge in [-0.15, -0.1) is 0 Å². The molecule has 1 aromatic rings. The van der Waals surface area contributed by atoms with E-state index in [1.54, 1.807) is 7.11 Å². The smallest absolute Gasteiger partial charge is 0.191 e. The van der Waals surface area contributed by atoms with Crippen LogP contribution in [0, 0.1) is 0 Å². The van der Waals surface area contributed by atoms with Crippen LogP contribution in [0.25, 0.3) is 0 Å². The highest BCUT2D eigenvalue weighted by molar-refractivity contribution is 5.79. The molecule has 0 atom stereocenters. The maximum atomic E-state index is 5.58. The van der Waals surface area contributed by atoms with Gasteiger partial charge in [-0.05, 0) is 44.4 Å². The zero-order chi connectivity index (χ0) is 19.0. The van der Waals surface area contributed by atoms with Gasteiger partial charge in [0.15, 0.2) is 17.5 Å². The summed E-state index contributed by atoms with van der Waals surface area (Å²) < 4.78 is 16.5. The van der Waals surface area contributed by atoms with Gasteiger partial charge in [-0.2, -0.15) is 0 Å². The molecular formula is C20H35N3O3. The number of aliphatic imine (C=N–C) groups is 1. The summed E-state index contributed by atoms with van der Waals surface area (Å²) >= 11 is 0. The van der Waals surface area contributed by atoms with E-state index in [1.165, 1.54) is 6.42 Å². The fraction of sp³-hybridized carbons (Fsp3) is 0.650.